The van der Waals surface area contributed by atoms with Crippen LogP contribution in [0.3, 0.4) is 0 Å². The van der Waals surface area contributed by atoms with Crippen LogP contribution in [0.15, 0.2) is 18.2 Å². The molecule has 0 unspecified atom stereocenters. The van der Waals surface area contributed by atoms with Crippen LogP contribution in [0.4, 0.5) is 11.5 Å². The standard InChI is InChI=1S/C14H10Cl3N3S/c1-6-7(2)21-13-11(6)12(19-14(17)20-13)18-10-4-3-8(15)5-9(10)16/h3-5H,1-2H3,(H,18,19,20). The third kappa shape index (κ3) is 2.81. The maximum Gasteiger partial charge on any atom is 0.225 e. The van der Waals surface area contributed by atoms with Gasteiger partial charge in [0.15, 0.2) is 0 Å². The molecule has 0 amide bonds. The summed E-state index contributed by atoms with van der Waals surface area (Å²) >= 11 is 19.7. The molecule has 0 aliphatic carbocycles. The Morgan fingerprint density at radius 3 is 2.57 bits per heavy atom. The average Bonchev–Trinajstić information content (AvgIpc) is 2.68. The Bertz CT molecular complexity index is 845. The van der Waals surface area contributed by atoms with Crippen molar-refractivity contribution in [3.05, 3.63) is 44.0 Å². The average molecular weight is 359 g/mol. The van der Waals surface area contributed by atoms with E-state index in [0.717, 1.165) is 21.5 Å². The van der Waals surface area contributed by atoms with Crippen LogP contribution < -0.4 is 5.32 Å². The number of aryl methyl sites for hydroxylation is 2. The highest BCUT2D eigenvalue weighted by Crippen LogP contribution is 2.36. The molecule has 0 atom stereocenters. The summed E-state index contributed by atoms with van der Waals surface area (Å²) < 4.78 is 0. The van der Waals surface area contributed by atoms with Crippen molar-refractivity contribution in [3.63, 3.8) is 0 Å². The predicted octanol–water partition coefficient (Wildman–Crippen LogP) is 6.01. The zero-order valence-electron chi connectivity index (χ0n) is 11.2. The van der Waals surface area contributed by atoms with Crippen molar-refractivity contribution < 1.29 is 0 Å². The number of thiophene rings is 1. The van der Waals surface area contributed by atoms with Gasteiger partial charge in [0.1, 0.15) is 10.6 Å². The lowest BCUT2D eigenvalue weighted by Gasteiger charge is -2.10. The molecule has 21 heavy (non-hydrogen) atoms. The second-order valence-corrected chi connectivity index (χ2v) is 6.94. The largest absolute Gasteiger partial charge is 0.338 e. The molecule has 0 spiro atoms. The summed E-state index contributed by atoms with van der Waals surface area (Å²) in [6, 6.07) is 5.25. The van der Waals surface area contributed by atoms with Gasteiger partial charge in [0.05, 0.1) is 16.1 Å². The summed E-state index contributed by atoms with van der Waals surface area (Å²) in [5.41, 5.74) is 1.86. The summed E-state index contributed by atoms with van der Waals surface area (Å²) in [6.07, 6.45) is 0. The van der Waals surface area contributed by atoms with Crippen molar-refractivity contribution in [3.8, 4) is 0 Å². The van der Waals surface area contributed by atoms with E-state index < -0.39 is 0 Å². The minimum absolute atomic E-state index is 0.205. The molecule has 7 heteroatoms. The Balaban J connectivity index is 2.15. The molecule has 2 aromatic heterocycles. The molecule has 108 valence electrons. The van der Waals surface area contributed by atoms with E-state index in [1.165, 1.54) is 4.88 Å². The zero-order chi connectivity index (χ0) is 15.1. The fourth-order valence-electron chi connectivity index (χ4n) is 2.03. The Morgan fingerprint density at radius 1 is 1.10 bits per heavy atom. The molecule has 0 saturated heterocycles. The molecule has 0 bridgehead atoms. The lowest BCUT2D eigenvalue weighted by Crippen LogP contribution is -1.97. The Labute approximate surface area is 140 Å². The first-order chi connectivity index (χ1) is 9.95. The molecule has 3 aromatic rings. The van der Waals surface area contributed by atoms with Crippen molar-refractivity contribution in [2.24, 2.45) is 0 Å². The lowest BCUT2D eigenvalue weighted by atomic mass is 10.2. The summed E-state index contributed by atoms with van der Waals surface area (Å²) in [5, 5.41) is 5.49. The number of fused-ring (bicyclic) bond motifs is 1. The van der Waals surface area contributed by atoms with E-state index in [1.54, 1.807) is 29.5 Å². The van der Waals surface area contributed by atoms with E-state index in [2.05, 4.69) is 22.2 Å². The lowest BCUT2D eigenvalue weighted by molar-refractivity contribution is 1.22. The van der Waals surface area contributed by atoms with Gasteiger partial charge in [-0.15, -0.1) is 11.3 Å². The van der Waals surface area contributed by atoms with Crippen molar-refractivity contribution in [1.82, 2.24) is 9.97 Å². The topological polar surface area (TPSA) is 37.8 Å². The molecule has 3 nitrogen and oxygen atoms in total. The maximum absolute atomic E-state index is 6.19. The van der Waals surface area contributed by atoms with Crippen molar-refractivity contribution in [2.45, 2.75) is 13.8 Å². The number of hydrogen-bond donors (Lipinski definition) is 1. The first-order valence-electron chi connectivity index (χ1n) is 6.11. The minimum atomic E-state index is 0.205. The fraction of sp³-hybridized carbons (Fsp3) is 0.143. The summed E-state index contributed by atoms with van der Waals surface area (Å²) in [6.45, 7) is 4.09. The summed E-state index contributed by atoms with van der Waals surface area (Å²) in [7, 11) is 0. The Kier molecular flexibility index (Phi) is 3.97. The number of nitrogens with zero attached hydrogens (tertiary/aromatic N) is 2. The van der Waals surface area contributed by atoms with Crippen molar-refractivity contribution in [1.29, 1.82) is 0 Å². The molecule has 0 radical (unpaired) electrons. The number of hydrogen-bond acceptors (Lipinski definition) is 4. The van der Waals surface area contributed by atoms with Gasteiger partial charge in [0, 0.05) is 9.90 Å². The number of aromatic nitrogens is 2. The molecule has 1 N–H and O–H groups in total. The van der Waals surface area contributed by atoms with Crippen LogP contribution in [0.1, 0.15) is 10.4 Å². The van der Waals surface area contributed by atoms with Gasteiger partial charge in [0.25, 0.3) is 0 Å². The first-order valence-corrected chi connectivity index (χ1v) is 8.06. The number of anilines is 2. The van der Waals surface area contributed by atoms with Gasteiger partial charge < -0.3 is 5.32 Å². The van der Waals surface area contributed by atoms with Gasteiger partial charge in [-0.2, -0.15) is 4.98 Å². The first kappa shape index (κ1) is 14.9. The highest BCUT2D eigenvalue weighted by Gasteiger charge is 2.15. The molecule has 0 aliphatic rings. The number of nitrogens with one attached hydrogen (secondary N) is 1. The van der Waals surface area contributed by atoms with Crippen LogP contribution in [-0.4, -0.2) is 9.97 Å². The molecular weight excluding hydrogens is 349 g/mol. The van der Waals surface area contributed by atoms with Gasteiger partial charge in [-0.25, -0.2) is 4.98 Å². The zero-order valence-corrected chi connectivity index (χ0v) is 14.3. The van der Waals surface area contributed by atoms with E-state index in [4.69, 9.17) is 34.8 Å². The molecule has 0 saturated carbocycles. The molecule has 0 fully saturated rings. The SMILES string of the molecule is Cc1sc2nc(Cl)nc(Nc3ccc(Cl)cc3Cl)c2c1C. The van der Waals surface area contributed by atoms with Crippen LogP contribution in [0, 0.1) is 13.8 Å². The minimum Gasteiger partial charge on any atom is -0.338 e. The Hall–Kier alpha value is -1.07. The third-order valence-electron chi connectivity index (χ3n) is 3.19. The highest BCUT2D eigenvalue weighted by atomic mass is 35.5. The van der Waals surface area contributed by atoms with Crippen LogP contribution in [-0.2, 0) is 0 Å². The second kappa shape index (κ2) is 5.61. The number of rotatable bonds is 2. The fourth-order valence-corrected chi connectivity index (χ4v) is 3.74. The van der Waals surface area contributed by atoms with Crippen LogP contribution >= 0.6 is 46.1 Å². The van der Waals surface area contributed by atoms with E-state index in [0.29, 0.717) is 15.9 Å². The highest BCUT2D eigenvalue weighted by molar-refractivity contribution is 7.18. The monoisotopic (exact) mass is 357 g/mol. The van der Waals surface area contributed by atoms with Crippen molar-refractivity contribution in [2.75, 3.05) is 5.32 Å². The van der Waals surface area contributed by atoms with Crippen molar-refractivity contribution >= 4 is 67.9 Å². The van der Waals surface area contributed by atoms with E-state index in [9.17, 15) is 0 Å². The van der Waals surface area contributed by atoms with Gasteiger partial charge in [-0.1, -0.05) is 23.2 Å². The smallest absolute Gasteiger partial charge is 0.225 e. The number of halogens is 3. The van der Waals surface area contributed by atoms with Gasteiger partial charge in [0.2, 0.25) is 5.28 Å². The molecular formula is C14H10Cl3N3S. The van der Waals surface area contributed by atoms with Gasteiger partial charge >= 0.3 is 0 Å². The third-order valence-corrected chi connectivity index (χ3v) is 5.00. The van der Waals surface area contributed by atoms with Crippen LogP contribution in [0.25, 0.3) is 10.2 Å². The molecule has 2 heterocycles. The van der Waals surface area contributed by atoms with Gasteiger partial charge in [-0.05, 0) is 49.2 Å². The molecule has 0 aliphatic heterocycles. The normalized spacial score (nSPS) is 11.1. The number of benzene rings is 1. The summed E-state index contributed by atoms with van der Waals surface area (Å²) in [4.78, 5) is 10.6. The quantitative estimate of drug-likeness (QED) is 0.570. The van der Waals surface area contributed by atoms with E-state index in [-0.39, 0.29) is 5.28 Å². The van der Waals surface area contributed by atoms with Crippen LogP contribution in [0.2, 0.25) is 15.3 Å². The van der Waals surface area contributed by atoms with E-state index >= 15 is 0 Å². The molecule has 3 rings (SSSR count). The van der Waals surface area contributed by atoms with E-state index in [1.807, 2.05) is 6.92 Å². The second-order valence-electron chi connectivity index (χ2n) is 4.55. The van der Waals surface area contributed by atoms with Crippen LogP contribution in [0.5, 0.6) is 0 Å². The maximum atomic E-state index is 6.19. The predicted molar refractivity (Wildman–Crippen MR) is 91.6 cm³/mol. The Morgan fingerprint density at radius 2 is 1.86 bits per heavy atom. The summed E-state index contributed by atoms with van der Waals surface area (Å²) in [5.74, 6) is 0.649. The molecule has 1 aromatic carbocycles. The van der Waals surface area contributed by atoms with Gasteiger partial charge in [-0.3, -0.25) is 0 Å².